The van der Waals surface area contributed by atoms with E-state index >= 15 is 0 Å². The number of nitrogens with one attached hydrogen (secondary N) is 2. The molecule has 0 spiro atoms. The Hall–Kier alpha value is -3.43. The second-order valence-corrected chi connectivity index (χ2v) is 12.2. The number of benzene rings is 3. The molecule has 1 saturated carbocycles. The fraction of sp³-hybridized carbons (Fsp3) is 0.424. The normalized spacial score (nSPS) is 18.4. The summed E-state index contributed by atoms with van der Waals surface area (Å²) in [5.41, 5.74) is 2.16. The zero-order valence-corrected chi connectivity index (χ0v) is 26.1. The number of ether oxygens (including phenoxy) is 1. The lowest BCUT2D eigenvalue weighted by molar-refractivity contribution is -0.128. The molecular weight excluding hydrogens is 596 g/mol. The molecule has 42 heavy (non-hydrogen) atoms. The number of fused-ring (bicyclic) bond motifs is 2. The van der Waals surface area contributed by atoms with Gasteiger partial charge in [-0.15, -0.1) is 0 Å². The summed E-state index contributed by atoms with van der Waals surface area (Å²) in [6.07, 6.45) is 6.02. The molecule has 1 fully saturated rings. The van der Waals surface area contributed by atoms with Crippen LogP contribution < -0.4 is 25.2 Å². The molecule has 0 radical (unpaired) electrons. The molecule has 0 saturated heterocycles. The molecule has 1 heterocycles. The van der Waals surface area contributed by atoms with Crippen LogP contribution >= 0.6 is 15.9 Å². The lowest BCUT2D eigenvalue weighted by atomic mass is 9.86. The first-order valence-corrected chi connectivity index (χ1v) is 15.5. The van der Waals surface area contributed by atoms with E-state index in [0.29, 0.717) is 29.5 Å². The van der Waals surface area contributed by atoms with Crippen LogP contribution in [-0.4, -0.2) is 50.5 Å². The third kappa shape index (κ3) is 6.32. The maximum absolute atomic E-state index is 14.4. The Kier molecular flexibility index (Phi) is 9.48. The molecule has 0 aromatic heterocycles. The van der Waals surface area contributed by atoms with E-state index in [1.807, 2.05) is 54.6 Å². The number of hydrogen-bond acceptors (Lipinski definition) is 5. The number of hydrogen-bond donors (Lipinski definition) is 2. The average Bonchev–Trinajstić information content (AvgIpc) is 3.11. The lowest BCUT2D eigenvalue weighted by Gasteiger charge is -2.28. The largest absolute Gasteiger partial charge is 0.496 e. The quantitative estimate of drug-likeness (QED) is 0.339. The first-order valence-electron chi connectivity index (χ1n) is 14.7. The van der Waals surface area contributed by atoms with E-state index in [4.69, 9.17) is 4.74 Å². The average molecular weight is 636 g/mol. The monoisotopic (exact) mass is 634 g/mol. The number of nitrogens with zero attached hydrogens (tertiary/aromatic N) is 2. The second-order valence-electron chi connectivity index (χ2n) is 11.3. The van der Waals surface area contributed by atoms with Crippen LogP contribution in [0, 0.1) is 5.92 Å². The number of likely N-dealkylation sites (N-methyl/N-ethyl adjacent to an activating group) is 1. The molecule has 5 rings (SSSR count). The number of carbonyl (C=O) groups excluding carboxylic acids is 3. The van der Waals surface area contributed by atoms with Crippen molar-refractivity contribution in [2.24, 2.45) is 5.92 Å². The minimum absolute atomic E-state index is 0.0162. The highest BCUT2D eigenvalue weighted by atomic mass is 79.9. The number of para-hydroxylation sites is 2. The Morgan fingerprint density at radius 1 is 1.05 bits per heavy atom. The third-order valence-electron chi connectivity index (χ3n) is 8.61. The Morgan fingerprint density at radius 3 is 2.50 bits per heavy atom. The van der Waals surface area contributed by atoms with Crippen molar-refractivity contribution in [1.82, 2.24) is 10.6 Å². The Morgan fingerprint density at radius 2 is 1.79 bits per heavy atom. The van der Waals surface area contributed by atoms with Gasteiger partial charge in [0.25, 0.3) is 5.91 Å². The summed E-state index contributed by atoms with van der Waals surface area (Å²) < 4.78 is 6.72. The number of anilines is 2. The van der Waals surface area contributed by atoms with E-state index in [-0.39, 0.29) is 30.8 Å². The molecule has 9 heteroatoms. The Balaban J connectivity index is 1.58. The van der Waals surface area contributed by atoms with Crippen molar-refractivity contribution in [3.63, 3.8) is 0 Å². The SMILES string of the molecule is CNC(C)C(=O)NC1CN(C(=O)CC2CCCCC2)c2ccccc2N(Cc2c(OC)ccc3cc(Br)ccc23)C1=O. The highest BCUT2D eigenvalue weighted by Crippen LogP contribution is 2.38. The molecule has 0 bridgehead atoms. The van der Waals surface area contributed by atoms with Gasteiger partial charge in [-0.05, 0) is 73.8 Å². The van der Waals surface area contributed by atoms with Gasteiger partial charge in [-0.25, -0.2) is 0 Å². The van der Waals surface area contributed by atoms with Crippen LogP contribution in [0.3, 0.4) is 0 Å². The van der Waals surface area contributed by atoms with E-state index in [9.17, 15) is 14.4 Å². The highest BCUT2D eigenvalue weighted by Gasteiger charge is 2.38. The molecule has 1 aliphatic heterocycles. The molecule has 3 aromatic carbocycles. The molecule has 2 aliphatic rings. The molecule has 8 nitrogen and oxygen atoms in total. The molecular formula is C33H39BrN4O4. The zero-order chi connectivity index (χ0) is 29.8. The van der Waals surface area contributed by atoms with Crippen LogP contribution in [0.4, 0.5) is 11.4 Å². The number of carbonyl (C=O) groups is 3. The third-order valence-corrected chi connectivity index (χ3v) is 9.10. The van der Waals surface area contributed by atoms with E-state index in [2.05, 4.69) is 26.6 Å². The van der Waals surface area contributed by atoms with Gasteiger partial charge >= 0.3 is 0 Å². The highest BCUT2D eigenvalue weighted by molar-refractivity contribution is 9.10. The summed E-state index contributed by atoms with van der Waals surface area (Å²) in [4.78, 5) is 44.8. The van der Waals surface area contributed by atoms with Crippen molar-refractivity contribution in [3.05, 3.63) is 64.6 Å². The second kappa shape index (κ2) is 13.3. The Bertz CT molecular complexity index is 1470. The maximum Gasteiger partial charge on any atom is 0.251 e. The van der Waals surface area contributed by atoms with Gasteiger partial charge in [0.15, 0.2) is 0 Å². The summed E-state index contributed by atoms with van der Waals surface area (Å²) in [5.74, 6) is 0.411. The van der Waals surface area contributed by atoms with Crippen molar-refractivity contribution in [3.8, 4) is 5.75 Å². The van der Waals surface area contributed by atoms with Crippen LogP contribution in [-0.2, 0) is 20.9 Å². The van der Waals surface area contributed by atoms with Crippen LogP contribution in [0.2, 0.25) is 0 Å². The molecule has 3 amide bonds. The van der Waals surface area contributed by atoms with E-state index in [0.717, 1.165) is 46.5 Å². The maximum atomic E-state index is 14.4. The van der Waals surface area contributed by atoms with Crippen LogP contribution in [0.15, 0.2) is 59.1 Å². The van der Waals surface area contributed by atoms with E-state index in [1.54, 1.807) is 30.9 Å². The van der Waals surface area contributed by atoms with Crippen LogP contribution in [0.1, 0.15) is 51.0 Å². The smallest absolute Gasteiger partial charge is 0.251 e. The van der Waals surface area contributed by atoms with Crippen molar-refractivity contribution in [1.29, 1.82) is 0 Å². The minimum Gasteiger partial charge on any atom is -0.496 e. The number of methoxy groups -OCH3 is 1. The van der Waals surface area contributed by atoms with Crippen molar-refractivity contribution in [2.45, 2.75) is 64.1 Å². The van der Waals surface area contributed by atoms with Crippen LogP contribution in [0.25, 0.3) is 10.8 Å². The number of amides is 3. The molecule has 2 unspecified atom stereocenters. The predicted molar refractivity (Wildman–Crippen MR) is 170 cm³/mol. The van der Waals surface area contributed by atoms with Gasteiger partial charge in [-0.1, -0.05) is 59.5 Å². The zero-order valence-electron chi connectivity index (χ0n) is 24.5. The van der Waals surface area contributed by atoms with Gasteiger partial charge in [0.05, 0.1) is 37.6 Å². The molecule has 3 aromatic rings. The summed E-state index contributed by atoms with van der Waals surface area (Å²) in [5, 5.41) is 7.86. The fourth-order valence-corrected chi connectivity index (χ4v) is 6.51. The van der Waals surface area contributed by atoms with Gasteiger partial charge in [0, 0.05) is 16.5 Å². The van der Waals surface area contributed by atoms with Crippen molar-refractivity contribution >= 4 is 55.8 Å². The van der Waals surface area contributed by atoms with E-state index < -0.39 is 12.1 Å². The molecule has 2 atom stereocenters. The van der Waals surface area contributed by atoms with Gasteiger partial charge < -0.3 is 25.2 Å². The van der Waals surface area contributed by atoms with Crippen molar-refractivity contribution in [2.75, 3.05) is 30.5 Å². The fourth-order valence-electron chi connectivity index (χ4n) is 6.13. The minimum atomic E-state index is -0.925. The standard InChI is InChI=1S/C33H39BrN4O4/c1-21(35-2)32(40)36-27-20-37(31(39)17-22-9-5-4-6-10-22)28-11-7-8-12-29(28)38(33(27)41)19-26-25-15-14-24(34)18-23(25)13-16-30(26)42-3/h7-8,11-16,18,21-22,27,35H,4-6,9-10,17,19-20H2,1-3H3,(H,36,40). The summed E-state index contributed by atoms with van der Waals surface area (Å²) in [6, 6.07) is 16.0. The first-order chi connectivity index (χ1) is 20.3. The number of halogens is 1. The van der Waals surface area contributed by atoms with Gasteiger partial charge in [-0.2, -0.15) is 0 Å². The number of rotatable bonds is 8. The lowest BCUT2D eigenvalue weighted by Crippen LogP contribution is -2.55. The van der Waals surface area contributed by atoms with Gasteiger partial charge in [-0.3, -0.25) is 14.4 Å². The molecule has 1 aliphatic carbocycles. The first kappa shape index (κ1) is 30.0. The van der Waals surface area contributed by atoms with Gasteiger partial charge in [0.1, 0.15) is 11.8 Å². The summed E-state index contributed by atoms with van der Waals surface area (Å²) in [7, 11) is 3.32. The summed E-state index contributed by atoms with van der Waals surface area (Å²) in [6.45, 7) is 2.02. The molecule has 2 N–H and O–H groups in total. The van der Waals surface area contributed by atoms with Crippen LogP contribution in [0.5, 0.6) is 5.75 Å². The topological polar surface area (TPSA) is 91.0 Å². The van der Waals surface area contributed by atoms with Gasteiger partial charge in [0.2, 0.25) is 11.8 Å². The van der Waals surface area contributed by atoms with E-state index in [1.165, 1.54) is 6.42 Å². The molecule has 222 valence electrons. The summed E-state index contributed by atoms with van der Waals surface area (Å²) >= 11 is 3.56. The predicted octanol–water partition coefficient (Wildman–Crippen LogP) is 5.55. The Labute approximate surface area is 255 Å². The van der Waals surface area contributed by atoms with Crippen molar-refractivity contribution < 1.29 is 19.1 Å².